The molecule has 0 saturated carbocycles. The Kier molecular flexibility index (Phi) is 3.42. The molecule has 1 aromatic heterocycles. The number of hydrogen-bond donors (Lipinski definition) is 2. The zero-order valence-corrected chi connectivity index (χ0v) is 11.3. The largest absolute Gasteiger partial charge is 0.366 e. The van der Waals surface area contributed by atoms with Gasteiger partial charge in [-0.25, -0.2) is 8.78 Å². The molecule has 110 valence electrons. The lowest BCUT2D eigenvalue weighted by Gasteiger charge is -2.05. The van der Waals surface area contributed by atoms with Crippen LogP contribution in [0, 0.1) is 11.6 Å². The fraction of sp³-hybridized carbons (Fsp3) is 0. The SMILES string of the molecule is NC(=O)c1cccc(F)c1-c1cc(-c2ccc(F)cc2)n[nH]1. The number of aromatic nitrogens is 2. The van der Waals surface area contributed by atoms with Gasteiger partial charge in [0, 0.05) is 11.1 Å². The fourth-order valence-corrected chi connectivity index (χ4v) is 2.22. The highest BCUT2D eigenvalue weighted by Crippen LogP contribution is 2.28. The lowest BCUT2D eigenvalue weighted by Crippen LogP contribution is -2.13. The minimum absolute atomic E-state index is 0.0642. The van der Waals surface area contributed by atoms with Crippen LogP contribution in [-0.2, 0) is 0 Å². The number of halogens is 2. The molecule has 1 amide bonds. The molecule has 0 spiro atoms. The average Bonchev–Trinajstić information content (AvgIpc) is 2.97. The van der Waals surface area contributed by atoms with Gasteiger partial charge in [0.1, 0.15) is 11.6 Å². The highest BCUT2D eigenvalue weighted by Gasteiger charge is 2.17. The van der Waals surface area contributed by atoms with Gasteiger partial charge in [-0.1, -0.05) is 6.07 Å². The Labute approximate surface area is 124 Å². The second-order valence-electron chi connectivity index (χ2n) is 4.70. The van der Waals surface area contributed by atoms with Gasteiger partial charge in [-0.05, 0) is 42.5 Å². The quantitative estimate of drug-likeness (QED) is 0.780. The molecule has 22 heavy (non-hydrogen) atoms. The number of hydrogen-bond acceptors (Lipinski definition) is 2. The van der Waals surface area contributed by atoms with Crippen LogP contribution in [-0.4, -0.2) is 16.1 Å². The van der Waals surface area contributed by atoms with E-state index in [0.717, 1.165) is 0 Å². The molecule has 0 fully saturated rings. The van der Waals surface area contributed by atoms with Crippen molar-refractivity contribution in [2.45, 2.75) is 0 Å². The van der Waals surface area contributed by atoms with Crippen LogP contribution in [0.5, 0.6) is 0 Å². The molecule has 0 atom stereocenters. The van der Waals surface area contributed by atoms with Crippen molar-refractivity contribution in [1.29, 1.82) is 0 Å². The maximum Gasteiger partial charge on any atom is 0.249 e. The first-order chi connectivity index (χ1) is 10.6. The fourth-order valence-electron chi connectivity index (χ4n) is 2.22. The summed E-state index contributed by atoms with van der Waals surface area (Å²) >= 11 is 0. The number of amides is 1. The van der Waals surface area contributed by atoms with Gasteiger partial charge < -0.3 is 5.73 Å². The van der Waals surface area contributed by atoms with Gasteiger partial charge >= 0.3 is 0 Å². The van der Waals surface area contributed by atoms with Crippen molar-refractivity contribution in [3.63, 3.8) is 0 Å². The number of nitrogens with zero attached hydrogens (tertiary/aromatic N) is 1. The summed E-state index contributed by atoms with van der Waals surface area (Å²) in [6.45, 7) is 0. The van der Waals surface area contributed by atoms with E-state index >= 15 is 0 Å². The summed E-state index contributed by atoms with van der Waals surface area (Å²) in [7, 11) is 0. The van der Waals surface area contributed by atoms with Crippen LogP contribution < -0.4 is 5.73 Å². The number of aromatic amines is 1. The predicted molar refractivity (Wildman–Crippen MR) is 77.9 cm³/mol. The van der Waals surface area contributed by atoms with E-state index in [1.54, 1.807) is 18.2 Å². The van der Waals surface area contributed by atoms with Gasteiger partial charge in [-0.3, -0.25) is 9.89 Å². The summed E-state index contributed by atoms with van der Waals surface area (Å²) in [5.74, 6) is -1.66. The minimum atomic E-state index is -0.729. The van der Waals surface area contributed by atoms with Crippen LogP contribution in [0.25, 0.3) is 22.5 Å². The van der Waals surface area contributed by atoms with Crippen LogP contribution in [0.15, 0.2) is 48.5 Å². The molecule has 3 N–H and O–H groups in total. The third-order valence-electron chi connectivity index (χ3n) is 3.27. The lowest BCUT2D eigenvalue weighted by atomic mass is 10.0. The van der Waals surface area contributed by atoms with Crippen LogP contribution in [0.2, 0.25) is 0 Å². The van der Waals surface area contributed by atoms with Crippen molar-refractivity contribution in [1.82, 2.24) is 10.2 Å². The number of carbonyl (C=O) groups excluding carboxylic acids is 1. The molecule has 6 heteroatoms. The third-order valence-corrected chi connectivity index (χ3v) is 3.27. The molecule has 2 aromatic carbocycles. The van der Waals surface area contributed by atoms with Crippen LogP contribution in [0.4, 0.5) is 8.78 Å². The van der Waals surface area contributed by atoms with Crippen molar-refractivity contribution >= 4 is 5.91 Å². The van der Waals surface area contributed by atoms with Crippen molar-refractivity contribution in [3.8, 4) is 22.5 Å². The first-order valence-corrected chi connectivity index (χ1v) is 6.46. The number of rotatable bonds is 3. The van der Waals surface area contributed by atoms with Gasteiger partial charge in [-0.15, -0.1) is 0 Å². The van der Waals surface area contributed by atoms with E-state index in [4.69, 9.17) is 5.73 Å². The Bertz CT molecular complexity index is 841. The molecule has 1 heterocycles. The van der Waals surface area contributed by atoms with Crippen LogP contribution in [0.1, 0.15) is 10.4 Å². The minimum Gasteiger partial charge on any atom is -0.366 e. The maximum absolute atomic E-state index is 14.1. The van der Waals surface area contributed by atoms with Crippen LogP contribution in [0.3, 0.4) is 0 Å². The zero-order valence-electron chi connectivity index (χ0n) is 11.3. The topological polar surface area (TPSA) is 71.8 Å². The van der Waals surface area contributed by atoms with Crippen molar-refractivity contribution < 1.29 is 13.6 Å². The number of benzene rings is 2. The Morgan fingerprint density at radius 3 is 2.50 bits per heavy atom. The standard InChI is InChI=1S/C16H11F2N3O/c17-10-6-4-9(5-7-10)13-8-14(21-20-13)15-11(16(19)22)2-1-3-12(15)18/h1-8H,(H2,19,22)(H,20,21). The zero-order chi connectivity index (χ0) is 15.7. The summed E-state index contributed by atoms with van der Waals surface area (Å²) in [5, 5.41) is 6.75. The molecular formula is C16H11F2N3O. The Hall–Kier alpha value is -3.02. The number of nitrogens with one attached hydrogen (secondary N) is 1. The lowest BCUT2D eigenvalue weighted by molar-refractivity contribution is 0.100. The van der Waals surface area contributed by atoms with E-state index in [9.17, 15) is 13.6 Å². The van der Waals surface area contributed by atoms with Crippen LogP contribution >= 0.6 is 0 Å². The van der Waals surface area contributed by atoms with E-state index in [1.165, 1.54) is 30.3 Å². The van der Waals surface area contributed by atoms with E-state index in [0.29, 0.717) is 17.0 Å². The molecule has 0 aliphatic rings. The molecule has 0 saturated heterocycles. The summed E-state index contributed by atoms with van der Waals surface area (Å²) < 4.78 is 27.0. The second-order valence-corrected chi connectivity index (χ2v) is 4.70. The first kappa shape index (κ1) is 13.9. The van der Waals surface area contributed by atoms with Gasteiger partial charge in [0.05, 0.1) is 17.0 Å². The Balaban J connectivity index is 2.08. The molecule has 3 aromatic rings. The summed E-state index contributed by atoms with van der Waals surface area (Å²) in [4.78, 5) is 11.4. The second kappa shape index (κ2) is 5.40. The van der Waals surface area contributed by atoms with E-state index < -0.39 is 11.7 Å². The van der Waals surface area contributed by atoms with E-state index in [1.807, 2.05) is 0 Å². The molecule has 0 radical (unpaired) electrons. The Morgan fingerprint density at radius 1 is 1.09 bits per heavy atom. The normalized spacial score (nSPS) is 10.6. The highest BCUT2D eigenvalue weighted by atomic mass is 19.1. The molecule has 3 rings (SSSR count). The summed E-state index contributed by atoms with van der Waals surface area (Å²) in [6.07, 6.45) is 0. The molecule has 0 bridgehead atoms. The Morgan fingerprint density at radius 2 is 1.82 bits per heavy atom. The van der Waals surface area contributed by atoms with Gasteiger partial charge in [0.25, 0.3) is 0 Å². The van der Waals surface area contributed by atoms with Crippen molar-refractivity contribution in [2.24, 2.45) is 5.73 Å². The number of nitrogens with two attached hydrogens (primary N) is 1. The van der Waals surface area contributed by atoms with Gasteiger partial charge in [0.2, 0.25) is 5.91 Å². The first-order valence-electron chi connectivity index (χ1n) is 6.46. The van der Waals surface area contributed by atoms with Crippen molar-refractivity contribution in [3.05, 3.63) is 65.7 Å². The number of primary amides is 1. The molecule has 4 nitrogen and oxygen atoms in total. The molecule has 0 aliphatic carbocycles. The van der Waals surface area contributed by atoms with E-state index in [2.05, 4.69) is 10.2 Å². The van der Waals surface area contributed by atoms with Gasteiger partial charge in [-0.2, -0.15) is 5.10 Å². The monoisotopic (exact) mass is 299 g/mol. The predicted octanol–water partition coefficient (Wildman–Crippen LogP) is 3.12. The summed E-state index contributed by atoms with van der Waals surface area (Å²) in [5.41, 5.74) is 6.90. The highest BCUT2D eigenvalue weighted by molar-refractivity contribution is 5.99. The molecule has 0 aliphatic heterocycles. The molecule has 0 unspecified atom stereocenters. The number of H-pyrrole nitrogens is 1. The van der Waals surface area contributed by atoms with Crippen molar-refractivity contribution in [2.75, 3.05) is 0 Å². The third kappa shape index (κ3) is 2.46. The molecular weight excluding hydrogens is 288 g/mol. The smallest absolute Gasteiger partial charge is 0.249 e. The maximum atomic E-state index is 14.1. The average molecular weight is 299 g/mol. The van der Waals surface area contributed by atoms with Gasteiger partial charge in [0.15, 0.2) is 0 Å². The van der Waals surface area contributed by atoms with E-state index in [-0.39, 0.29) is 16.9 Å². The number of carbonyl (C=O) groups is 1. The summed E-state index contributed by atoms with van der Waals surface area (Å²) in [6, 6.07) is 11.4.